The zero-order valence-electron chi connectivity index (χ0n) is 14.5. The van der Waals surface area contributed by atoms with Crippen molar-refractivity contribution in [3.63, 3.8) is 0 Å². The standard InChI is InChI=1S/C18H22N6O/c1-12-16(11-20-22-12)14-5-8-24(9-6-14)13(2)18-21-17(23-25-18)15-4-3-7-19-10-15/h3-4,7,10-11,13-14H,5-6,8-9H2,1-2H3,(H,20,22). The molecule has 0 bridgehead atoms. The first kappa shape index (κ1) is 16.0. The Labute approximate surface area is 146 Å². The highest BCUT2D eigenvalue weighted by molar-refractivity contribution is 5.51. The van der Waals surface area contributed by atoms with Crippen LogP contribution in [0.1, 0.15) is 48.9 Å². The molecule has 0 aliphatic carbocycles. The van der Waals surface area contributed by atoms with Crippen LogP contribution in [0.5, 0.6) is 0 Å². The maximum atomic E-state index is 5.51. The fourth-order valence-electron chi connectivity index (χ4n) is 3.54. The fraction of sp³-hybridized carbons (Fsp3) is 0.444. The average molecular weight is 338 g/mol. The molecular formula is C18H22N6O. The number of hydrogen-bond donors (Lipinski definition) is 1. The van der Waals surface area contributed by atoms with Crippen molar-refractivity contribution in [1.82, 2.24) is 30.2 Å². The van der Waals surface area contributed by atoms with E-state index in [0.717, 1.165) is 31.5 Å². The second kappa shape index (κ2) is 6.76. The van der Waals surface area contributed by atoms with Crippen molar-refractivity contribution in [2.45, 2.75) is 38.6 Å². The van der Waals surface area contributed by atoms with Gasteiger partial charge in [0.1, 0.15) is 0 Å². The average Bonchev–Trinajstić information content (AvgIpc) is 3.31. The van der Waals surface area contributed by atoms with Gasteiger partial charge in [0.05, 0.1) is 12.2 Å². The van der Waals surface area contributed by atoms with Crippen LogP contribution in [0.2, 0.25) is 0 Å². The van der Waals surface area contributed by atoms with Crippen molar-refractivity contribution in [2.75, 3.05) is 13.1 Å². The van der Waals surface area contributed by atoms with Crippen LogP contribution in [0.15, 0.2) is 35.2 Å². The molecule has 1 saturated heterocycles. The lowest BCUT2D eigenvalue weighted by atomic mass is 9.89. The van der Waals surface area contributed by atoms with E-state index in [1.54, 1.807) is 12.4 Å². The first-order valence-corrected chi connectivity index (χ1v) is 8.70. The van der Waals surface area contributed by atoms with Gasteiger partial charge in [0.15, 0.2) is 0 Å². The van der Waals surface area contributed by atoms with E-state index >= 15 is 0 Å². The molecule has 1 unspecified atom stereocenters. The number of likely N-dealkylation sites (tertiary alicyclic amines) is 1. The third kappa shape index (κ3) is 3.19. The first-order valence-electron chi connectivity index (χ1n) is 8.70. The number of rotatable bonds is 4. The molecule has 1 N–H and O–H groups in total. The van der Waals surface area contributed by atoms with Crippen LogP contribution in [-0.2, 0) is 0 Å². The molecular weight excluding hydrogens is 316 g/mol. The van der Waals surface area contributed by atoms with E-state index in [-0.39, 0.29) is 6.04 Å². The zero-order chi connectivity index (χ0) is 17.2. The summed E-state index contributed by atoms with van der Waals surface area (Å²) in [5.41, 5.74) is 3.41. The summed E-state index contributed by atoms with van der Waals surface area (Å²) in [5.74, 6) is 1.84. The van der Waals surface area contributed by atoms with Crippen molar-refractivity contribution in [3.05, 3.63) is 47.9 Å². The van der Waals surface area contributed by atoms with E-state index in [0.29, 0.717) is 17.6 Å². The summed E-state index contributed by atoms with van der Waals surface area (Å²) in [5, 5.41) is 11.3. The van der Waals surface area contributed by atoms with Crippen molar-refractivity contribution in [2.24, 2.45) is 0 Å². The minimum atomic E-state index is 0.115. The molecule has 1 aliphatic rings. The largest absolute Gasteiger partial charge is 0.337 e. The molecule has 130 valence electrons. The number of aromatic amines is 1. The Bertz CT molecular complexity index is 819. The molecule has 4 heterocycles. The monoisotopic (exact) mass is 338 g/mol. The molecule has 7 nitrogen and oxygen atoms in total. The van der Waals surface area contributed by atoms with Gasteiger partial charge in [-0.05, 0) is 63.4 Å². The van der Waals surface area contributed by atoms with Crippen LogP contribution < -0.4 is 0 Å². The van der Waals surface area contributed by atoms with Crippen molar-refractivity contribution in [1.29, 1.82) is 0 Å². The van der Waals surface area contributed by atoms with E-state index < -0.39 is 0 Å². The minimum absolute atomic E-state index is 0.115. The van der Waals surface area contributed by atoms with Crippen LogP contribution >= 0.6 is 0 Å². The lowest BCUT2D eigenvalue weighted by Crippen LogP contribution is -2.35. The van der Waals surface area contributed by atoms with Gasteiger partial charge in [-0.1, -0.05) is 5.16 Å². The molecule has 25 heavy (non-hydrogen) atoms. The summed E-state index contributed by atoms with van der Waals surface area (Å²) in [4.78, 5) is 11.1. The smallest absolute Gasteiger partial charge is 0.244 e. The second-order valence-corrected chi connectivity index (χ2v) is 6.63. The SMILES string of the molecule is Cc1[nH]ncc1C1CCN(C(C)c2nc(-c3cccnc3)no2)CC1. The zero-order valence-corrected chi connectivity index (χ0v) is 14.5. The normalized spacial score (nSPS) is 17.7. The van der Waals surface area contributed by atoms with Gasteiger partial charge in [0.25, 0.3) is 0 Å². The second-order valence-electron chi connectivity index (χ2n) is 6.63. The highest BCUT2D eigenvalue weighted by Crippen LogP contribution is 2.32. The Morgan fingerprint density at radius 2 is 2.12 bits per heavy atom. The number of nitrogens with one attached hydrogen (secondary N) is 1. The predicted molar refractivity (Wildman–Crippen MR) is 92.8 cm³/mol. The Hall–Kier alpha value is -2.54. The quantitative estimate of drug-likeness (QED) is 0.787. The van der Waals surface area contributed by atoms with Crippen LogP contribution in [0.4, 0.5) is 0 Å². The van der Waals surface area contributed by atoms with Gasteiger partial charge in [-0.25, -0.2) is 0 Å². The molecule has 0 amide bonds. The van der Waals surface area contributed by atoms with Crippen molar-refractivity contribution < 1.29 is 4.52 Å². The lowest BCUT2D eigenvalue weighted by molar-refractivity contribution is 0.136. The number of aryl methyl sites for hydroxylation is 1. The molecule has 3 aromatic heterocycles. The van der Waals surface area contributed by atoms with Gasteiger partial charge >= 0.3 is 0 Å². The number of nitrogens with zero attached hydrogens (tertiary/aromatic N) is 5. The molecule has 0 aromatic carbocycles. The van der Waals surface area contributed by atoms with Crippen molar-refractivity contribution >= 4 is 0 Å². The maximum absolute atomic E-state index is 5.51. The van der Waals surface area contributed by atoms with E-state index in [1.165, 1.54) is 11.3 Å². The van der Waals surface area contributed by atoms with E-state index in [9.17, 15) is 0 Å². The number of piperidine rings is 1. The molecule has 1 atom stereocenters. The van der Waals surface area contributed by atoms with Gasteiger partial charge in [-0.15, -0.1) is 0 Å². The highest BCUT2D eigenvalue weighted by atomic mass is 16.5. The Morgan fingerprint density at radius 3 is 2.80 bits per heavy atom. The van der Waals surface area contributed by atoms with Crippen molar-refractivity contribution in [3.8, 4) is 11.4 Å². The predicted octanol–water partition coefficient (Wildman–Crippen LogP) is 3.10. The number of aromatic nitrogens is 5. The lowest BCUT2D eigenvalue weighted by Gasteiger charge is -2.34. The summed E-state index contributed by atoms with van der Waals surface area (Å²) in [6.07, 6.45) is 7.69. The third-order valence-corrected chi connectivity index (χ3v) is 5.10. The summed E-state index contributed by atoms with van der Waals surface area (Å²) < 4.78 is 5.51. The van der Waals surface area contributed by atoms with Gasteiger partial charge in [-0.2, -0.15) is 10.1 Å². The summed E-state index contributed by atoms with van der Waals surface area (Å²) in [7, 11) is 0. The minimum Gasteiger partial charge on any atom is -0.337 e. The van der Waals surface area contributed by atoms with Gasteiger partial charge < -0.3 is 4.52 Å². The number of H-pyrrole nitrogens is 1. The van der Waals surface area contributed by atoms with Gasteiger partial charge in [0, 0.05) is 23.7 Å². The van der Waals surface area contributed by atoms with Gasteiger partial charge in [-0.3, -0.25) is 15.0 Å². The topological polar surface area (TPSA) is 83.7 Å². The Morgan fingerprint density at radius 1 is 1.28 bits per heavy atom. The fourth-order valence-corrected chi connectivity index (χ4v) is 3.54. The van der Waals surface area contributed by atoms with Crippen LogP contribution in [0.25, 0.3) is 11.4 Å². The Kier molecular flexibility index (Phi) is 4.31. The summed E-state index contributed by atoms with van der Waals surface area (Å²) >= 11 is 0. The summed E-state index contributed by atoms with van der Waals surface area (Å²) in [6, 6.07) is 3.92. The molecule has 4 rings (SSSR count). The highest BCUT2D eigenvalue weighted by Gasteiger charge is 2.28. The third-order valence-electron chi connectivity index (χ3n) is 5.10. The number of pyridine rings is 1. The van der Waals surface area contributed by atoms with Gasteiger partial charge in [0.2, 0.25) is 11.7 Å². The molecule has 3 aromatic rings. The van der Waals surface area contributed by atoms with Crippen LogP contribution in [0, 0.1) is 6.92 Å². The van der Waals surface area contributed by atoms with E-state index in [2.05, 4.69) is 44.1 Å². The Balaban J connectivity index is 1.42. The maximum Gasteiger partial charge on any atom is 0.244 e. The molecule has 1 aliphatic heterocycles. The summed E-state index contributed by atoms with van der Waals surface area (Å²) in [6.45, 7) is 6.25. The van der Waals surface area contributed by atoms with E-state index in [4.69, 9.17) is 4.52 Å². The molecule has 0 spiro atoms. The van der Waals surface area contributed by atoms with Crippen LogP contribution in [-0.4, -0.2) is 43.3 Å². The molecule has 0 radical (unpaired) electrons. The first-order chi connectivity index (χ1) is 12.2. The number of hydrogen-bond acceptors (Lipinski definition) is 6. The molecule has 0 saturated carbocycles. The van der Waals surface area contributed by atoms with E-state index in [1.807, 2.05) is 18.3 Å². The molecule has 7 heteroatoms. The van der Waals surface area contributed by atoms with Crippen LogP contribution in [0.3, 0.4) is 0 Å². The molecule has 1 fully saturated rings.